The van der Waals surface area contributed by atoms with E-state index in [-0.39, 0.29) is 0 Å². The molecular weight excluding hydrogens is 729 g/mol. The van der Waals surface area contributed by atoms with Gasteiger partial charge in [0.1, 0.15) is 0 Å². The highest BCUT2D eigenvalue weighted by atomic mass is 32.2. The van der Waals surface area contributed by atoms with Crippen LogP contribution in [0.4, 0.5) is 0 Å². The first kappa shape index (κ1) is 32.8. The largest absolute Gasteiger partial charge is 0.138 e. The van der Waals surface area contributed by atoms with Gasteiger partial charge in [0.05, 0.1) is 10.8 Å². The van der Waals surface area contributed by atoms with E-state index < -0.39 is 10.8 Å². The summed E-state index contributed by atoms with van der Waals surface area (Å²) in [5, 5.41) is 0. The van der Waals surface area contributed by atoms with Gasteiger partial charge in [-0.25, -0.2) is 0 Å². The van der Waals surface area contributed by atoms with E-state index in [9.17, 15) is 0 Å². The van der Waals surface area contributed by atoms with Crippen molar-refractivity contribution in [3.8, 4) is 20.9 Å². The quantitative estimate of drug-likeness (QED) is 0.172. The molecule has 0 unspecified atom stereocenters. The van der Waals surface area contributed by atoms with Crippen molar-refractivity contribution in [1.29, 1.82) is 0 Å². The molecule has 4 heteroatoms. The van der Waals surface area contributed by atoms with Crippen LogP contribution in [-0.2, 0) is 10.8 Å². The molecule has 6 aromatic carbocycles. The summed E-state index contributed by atoms with van der Waals surface area (Å²) in [6.07, 6.45) is 0. The van der Waals surface area contributed by atoms with Crippen LogP contribution in [0.15, 0.2) is 165 Å². The van der Waals surface area contributed by atoms with Crippen molar-refractivity contribution in [3.05, 3.63) is 211 Å². The standard InChI is InChI=1S/C50H36S4/c1-29-21-30(2)24-33(23-29)45-27-39-47(53-45)50(37-15-7-11-19-43(37)52-44-20-12-8-16-38(44)50)40-28-46(34-25-31(3)22-32(4)26-34)54-48(40)49(39)35-13-5-9-17-41(35)51-42-18-10-6-14-36(42)49/h5-28H,1-4H3. The molecule has 0 saturated heterocycles. The predicted molar refractivity (Wildman–Crippen MR) is 230 cm³/mol. The van der Waals surface area contributed by atoms with Gasteiger partial charge in [0.25, 0.3) is 0 Å². The van der Waals surface area contributed by atoms with E-state index in [1.165, 1.54) is 106 Å². The molecule has 2 spiro atoms. The third kappa shape index (κ3) is 4.46. The first-order valence-electron chi connectivity index (χ1n) is 18.6. The molecule has 4 heterocycles. The summed E-state index contributed by atoms with van der Waals surface area (Å²) in [5.41, 5.74) is 15.2. The Bertz CT molecular complexity index is 2470. The Balaban J connectivity index is 1.38. The molecule has 2 aliphatic heterocycles. The summed E-state index contributed by atoms with van der Waals surface area (Å²) < 4.78 is 0. The van der Waals surface area contributed by atoms with E-state index in [0.717, 1.165) is 0 Å². The molecule has 0 bridgehead atoms. The van der Waals surface area contributed by atoms with Crippen LogP contribution in [0.25, 0.3) is 20.9 Å². The lowest BCUT2D eigenvalue weighted by atomic mass is 9.55. The van der Waals surface area contributed by atoms with Gasteiger partial charge in [0, 0.05) is 39.1 Å². The van der Waals surface area contributed by atoms with Gasteiger partial charge < -0.3 is 0 Å². The van der Waals surface area contributed by atoms with Crippen LogP contribution in [0.2, 0.25) is 0 Å². The fourth-order valence-corrected chi connectivity index (χ4v) is 15.0. The summed E-state index contributed by atoms with van der Waals surface area (Å²) in [6.45, 7) is 8.92. The number of fused-ring (bicyclic) bond motifs is 14. The minimum absolute atomic E-state index is 0.502. The Morgan fingerprint density at radius 2 is 0.630 bits per heavy atom. The van der Waals surface area contributed by atoms with Crippen LogP contribution < -0.4 is 0 Å². The van der Waals surface area contributed by atoms with E-state index >= 15 is 0 Å². The van der Waals surface area contributed by atoms with Gasteiger partial charge in [-0.15, -0.1) is 22.7 Å². The monoisotopic (exact) mass is 764 g/mol. The Kier molecular flexibility index (Phi) is 7.27. The maximum atomic E-state index is 2.60. The van der Waals surface area contributed by atoms with Crippen molar-refractivity contribution in [2.75, 3.05) is 0 Å². The molecule has 0 fully saturated rings. The van der Waals surface area contributed by atoms with Crippen molar-refractivity contribution in [1.82, 2.24) is 0 Å². The molecule has 11 rings (SSSR count). The molecule has 0 saturated carbocycles. The van der Waals surface area contributed by atoms with Gasteiger partial charge in [0.15, 0.2) is 0 Å². The molecule has 0 nitrogen and oxygen atoms in total. The minimum Gasteiger partial charge on any atom is -0.138 e. The smallest absolute Gasteiger partial charge is 0.0831 e. The first-order valence-corrected chi connectivity index (χ1v) is 21.8. The van der Waals surface area contributed by atoms with Gasteiger partial charge in [-0.05, 0) is 109 Å². The highest BCUT2D eigenvalue weighted by molar-refractivity contribution is 7.99. The van der Waals surface area contributed by atoms with Crippen molar-refractivity contribution >= 4 is 46.2 Å². The first-order chi connectivity index (χ1) is 26.3. The van der Waals surface area contributed by atoms with Crippen LogP contribution in [0.1, 0.15) is 65.4 Å². The van der Waals surface area contributed by atoms with E-state index in [1.54, 1.807) is 0 Å². The van der Waals surface area contributed by atoms with Crippen LogP contribution in [-0.4, -0.2) is 0 Å². The lowest BCUT2D eigenvalue weighted by Gasteiger charge is -2.51. The van der Waals surface area contributed by atoms with Crippen LogP contribution in [0, 0.1) is 27.7 Å². The molecule has 0 amide bonds. The highest BCUT2D eigenvalue weighted by Crippen LogP contribution is 2.70. The number of hydrogen-bond acceptors (Lipinski definition) is 4. The number of aryl methyl sites for hydroxylation is 4. The van der Waals surface area contributed by atoms with E-state index in [2.05, 4.69) is 173 Å². The summed E-state index contributed by atoms with van der Waals surface area (Å²) in [4.78, 5) is 10.9. The zero-order chi connectivity index (χ0) is 36.3. The number of hydrogen-bond donors (Lipinski definition) is 0. The van der Waals surface area contributed by atoms with Crippen LogP contribution in [0.3, 0.4) is 0 Å². The lowest BCUT2D eigenvalue weighted by Crippen LogP contribution is -2.45. The van der Waals surface area contributed by atoms with E-state index in [4.69, 9.17) is 0 Å². The van der Waals surface area contributed by atoms with Gasteiger partial charge in [-0.1, -0.05) is 155 Å². The third-order valence-electron chi connectivity index (χ3n) is 11.6. The second-order valence-electron chi connectivity index (χ2n) is 15.1. The molecule has 1 aliphatic carbocycles. The minimum atomic E-state index is -0.502. The Morgan fingerprint density at radius 3 is 0.944 bits per heavy atom. The fourth-order valence-electron chi connectivity index (χ4n) is 9.72. The molecule has 2 aromatic heterocycles. The molecule has 3 aliphatic rings. The second-order valence-corrected chi connectivity index (χ2v) is 19.4. The van der Waals surface area contributed by atoms with Crippen molar-refractivity contribution in [2.24, 2.45) is 0 Å². The van der Waals surface area contributed by atoms with Gasteiger partial charge >= 0.3 is 0 Å². The maximum Gasteiger partial charge on any atom is 0.0831 e. The van der Waals surface area contributed by atoms with Gasteiger partial charge in [-0.3, -0.25) is 0 Å². The molecule has 260 valence electrons. The third-order valence-corrected chi connectivity index (χ3v) is 16.5. The normalized spacial score (nSPS) is 15.2. The molecule has 0 radical (unpaired) electrons. The zero-order valence-electron chi connectivity index (χ0n) is 30.5. The molecule has 8 aromatic rings. The SMILES string of the molecule is Cc1cc(C)cc(-c2cc3c(s2)C2(c4ccccc4Sc4ccccc42)c2cc(-c4cc(C)cc(C)c4)sc2C32c3ccccc3Sc3ccccc32)c1. The number of benzene rings is 6. The van der Waals surface area contributed by atoms with Crippen LogP contribution >= 0.6 is 46.2 Å². The average molecular weight is 765 g/mol. The van der Waals surface area contributed by atoms with Crippen molar-refractivity contribution in [2.45, 2.75) is 58.1 Å². The van der Waals surface area contributed by atoms with E-state index in [1.807, 2.05) is 46.2 Å². The highest BCUT2D eigenvalue weighted by Gasteiger charge is 2.60. The summed E-state index contributed by atoms with van der Waals surface area (Å²) in [7, 11) is 0. The predicted octanol–water partition coefficient (Wildman–Crippen LogP) is 14.4. The Morgan fingerprint density at radius 1 is 0.333 bits per heavy atom. The second kappa shape index (κ2) is 12.0. The zero-order valence-corrected chi connectivity index (χ0v) is 33.8. The Hall–Kier alpha value is -4.58. The van der Waals surface area contributed by atoms with Gasteiger partial charge in [0.2, 0.25) is 0 Å². The number of thiophene rings is 2. The maximum absolute atomic E-state index is 2.60. The average Bonchev–Trinajstić information content (AvgIpc) is 3.83. The topological polar surface area (TPSA) is 0 Å². The van der Waals surface area contributed by atoms with Crippen molar-refractivity contribution < 1.29 is 0 Å². The summed E-state index contributed by atoms with van der Waals surface area (Å²) >= 11 is 7.88. The molecule has 54 heavy (non-hydrogen) atoms. The lowest BCUT2D eigenvalue weighted by molar-refractivity contribution is 0.609. The van der Waals surface area contributed by atoms with E-state index in [0.29, 0.717) is 0 Å². The molecule has 0 N–H and O–H groups in total. The fraction of sp³-hybridized carbons (Fsp3) is 0.120. The summed E-state index contributed by atoms with van der Waals surface area (Å²) in [6, 6.07) is 56.3. The van der Waals surface area contributed by atoms with Gasteiger partial charge in [-0.2, -0.15) is 0 Å². The summed E-state index contributed by atoms with van der Waals surface area (Å²) in [5.74, 6) is 0. The van der Waals surface area contributed by atoms with Crippen molar-refractivity contribution in [3.63, 3.8) is 0 Å². The number of rotatable bonds is 2. The Labute approximate surface area is 334 Å². The van der Waals surface area contributed by atoms with Crippen LogP contribution in [0.5, 0.6) is 0 Å². The molecular formula is C50H36S4. The molecule has 0 atom stereocenters.